The van der Waals surface area contributed by atoms with Crippen molar-refractivity contribution in [3.63, 3.8) is 0 Å². The van der Waals surface area contributed by atoms with Crippen LogP contribution in [0.3, 0.4) is 0 Å². The molecule has 22 heavy (non-hydrogen) atoms. The third-order valence-corrected chi connectivity index (χ3v) is 4.56. The highest BCUT2D eigenvalue weighted by Crippen LogP contribution is 2.51. The Bertz CT molecular complexity index is 629. The first-order valence-electron chi connectivity index (χ1n) is 7.09. The van der Waals surface area contributed by atoms with Crippen molar-refractivity contribution in [3.8, 4) is 6.07 Å². The molecule has 0 saturated heterocycles. The van der Waals surface area contributed by atoms with E-state index in [4.69, 9.17) is 9.47 Å². The molecule has 6 heteroatoms. The lowest BCUT2D eigenvalue weighted by Crippen LogP contribution is -2.36. The number of allylic oxidation sites excluding steroid dienone is 1. The van der Waals surface area contributed by atoms with E-state index in [9.17, 15) is 14.9 Å². The Morgan fingerprint density at radius 3 is 2.68 bits per heavy atom. The first-order valence-corrected chi connectivity index (χ1v) is 7.97. The fraction of sp³-hybridized carbons (Fsp3) is 0.438. The van der Waals surface area contributed by atoms with Crippen LogP contribution < -0.4 is 0 Å². The maximum atomic E-state index is 12.4. The number of nitriles is 1. The summed E-state index contributed by atoms with van der Waals surface area (Å²) in [5.41, 5.74) is -1.04. The summed E-state index contributed by atoms with van der Waals surface area (Å²) in [7, 11) is 0. The zero-order valence-corrected chi connectivity index (χ0v) is 13.3. The van der Waals surface area contributed by atoms with Crippen molar-refractivity contribution in [2.24, 2.45) is 5.41 Å². The highest BCUT2D eigenvalue weighted by molar-refractivity contribution is 7.10. The molecule has 0 aliphatic heterocycles. The Hall–Kier alpha value is -2.13. The molecule has 1 aliphatic rings. The molecule has 1 aliphatic carbocycles. The van der Waals surface area contributed by atoms with Gasteiger partial charge in [0, 0.05) is 10.5 Å². The lowest BCUT2D eigenvalue weighted by molar-refractivity contribution is -0.152. The van der Waals surface area contributed by atoms with Crippen LogP contribution in [-0.2, 0) is 19.1 Å². The van der Waals surface area contributed by atoms with E-state index in [-0.39, 0.29) is 19.6 Å². The molecule has 0 radical (unpaired) electrons. The minimum absolute atomic E-state index is 0.152. The summed E-state index contributed by atoms with van der Waals surface area (Å²) >= 11 is 1.41. The van der Waals surface area contributed by atoms with Crippen LogP contribution in [0.1, 0.15) is 31.1 Å². The van der Waals surface area contributed by atoms with Crippen LogP contribution >= 0.6 is 11.3 Å². The summed E-state index contributed by atoms with van der Waals surface area (Å²) in [5.74, 6) is -1.72. The van der Waals surface area contributed by atoms with E-state index in [1.165, 1.54) is 11.3 Å². The third-order valence-electron chi connectivity index (χ3n) is 3.63. The highest BCUT2D eigenvalue weighted by Gasteiger charge is 2.55. The van der Waals surface area contributed by atoms with Crippen molar-refractivity contribution < 1.29 is 19.1 Å². The van der Waals surface area contributed by atoms with Crippen LogP contribution in [0.4, 0.5) is 0 Å². The van der Waals surface area contributed by atoms with Gasteiger partial charge in [-0.25, -0.2) is 4.79 Å². The third kappa shape index (κ3) is 2.64. The molecule has 0 spiro atoms. The van der Waals surface area contributed by atoms with Gasteiger partial charge in [-0.1, -0.05) is 12.1 Å². The molecule has 0 saturated carbocycles. The van der Waals surface area contributed by atoms with Gasteiger partial charge in [0.15, 0.2) is 5.41 Å². The van der Waals surface area contributed by atoms with E-state index in [0.29, 0.717) is 5.57 Å². The maximum Gasteiger partial charge on any atom is 0.334 e. The lowest BCUT2D eigenvalue weighted by Gasteiger charge is -2.27. The van der Waals surface area contributed by atoms with Crippen LogP contribution in [0, 0.1) is 16.7 Å². The molecule has 0 unspecified atom stereocenters. The normalized spacial score (nSPS) is 23.5. The highest BCUT2D eigenvalue weighted by atomic mass is 32.1. The molecule has 0 aromatic carbocycles. The second kappa shape index (κ2) is 6.75. The molecule has 116 valence electrons. The average molecular weight is 319 g/mol. The summed E-state index contributed by atoms with van der Waals surface area (Å²) in [4.78, 5) is 25.4. The monoisotopic (exact) mass is 319 g/mol. The van der Waals surface area contributed by atoms with Gasteiger partial charge in [0.2, 0.25) is 0 Å². The van der Waals surface area contributed by atoms with Crippen LogP contribution in [0.15, 0.2) is 29.2 Å². The largest absolute Gasteiger partial charge is 0.465 e. The van der Waals surface area contributed by atoms with Crippen molar-refractivity contribution in [1.29, 1.82) is 5.26 Å². The molecule has 5 nitrogen and oxygen atoms in total. The Morgan fingerprint density at radius 1 is 1.41 bits per heavy atom. The number of hydrogen-bond acceptors (Lipinski definition) is 6. The van der Waals surface area contributed by atoms with Gasteiger partial charge in [-0.15, -0.1) is 11.3 Å². The number of thiophene rings is 1. The Labute approximate surface area is 133 Å². The van der Waals surface area contributed by atoms with Crippen LogP contribution in [0.2, 0.25) is 0 Å². The first kappa shape index (κ1) is 16.2. The van der Waals surface area contributed by atoms with E-state index >= 15 is 0 Å². The molecule has 1 aromatic heterocycles. The van der Waals surface area contributed by atoms with Crippen LogP contribution in [0.25, 0.3) is 0 Å². The topological polar surface area (TPSA) is 76.4 Å². The van der Waals surface area contributed by atoms with Crippen molar-refractivity contribution in [1.82, 2.24) is 0 Å². The van der Waals surface area contributed by atoms with Gasteiger partial charge < -0.3 is 9.47 Å². The van der Waals surface area contributed by atoms with Gasteiger partial charge in [-0.2, -0.15) is 5.26 Å². The summed E-state index contributed by atoms with van der Waals surface area (Å²) in [5, 5.41) is 11.5. The number of nitrogens with zero attached hydrogens (tertiary/aromatic N) is 1. The fourth-order valence-electron chi connectivity index (χ4n) is 2.66. The Kier molecular flexibility index (Phi) is 4.99. The van der Waals surface area contributed by atoms with Gasteiger partial charge >= 0.3 is 11.9 Å². The molecular weight excluding hydrogens is 302 g/mol. The van der Waals surface area contributed by atoms with Crippen LogP contribution in [0.5, 0.6) is 0 Å². The molecule has 0 fully saturated rings. The number of esters is 2. The smallest absolute Gasteiger partial charge is 0.334 e. The Morgan fingerprint density at radius 2 is 2.14 bits per heavy atom. The van der Waals surface area contributed by atoms with Crippen LogP contribution in [-0.4, -0.2) is 25.2 Å². The zero-order chi connectivity index (χ0) is 16.2. The molecule has 2 atom stereocenters. The maximum absolute atomic E-state index is 12.4. The Balaban J connectivity index is 2.47. The quantitative estimate of drug-likeness (QED) is 0.780. The number of ether oxygens (including phenoxy) is 2. The van der Waals surface area contributed by atoms with E-state index in [0.717, 1.165) is 4.88 Å². The summed E-state index contributed by atoms with van der Waals surface area (Å²) < 4.78 is 10.2. The van der Waals surface area contributed by atoms with E-state index in [1.807, 2.05) is 17.5 Å². The van der Waals surface area contributed by atoms with E-state index < -0.39 is 23.3 Å². The number of carbonyl (C=O) groups excluding carboxylic acids is 2. The number of hydrogen-bond donors (Lipinski definition) is 0. The summed E-state index contributed by atoms with van der Waals surface area (Å²) in [6.07, 6.45) is 1.78. The molecule has 0 N–H and O–H groups in total. The van der Waals surface area contributed by atoms with Gasteiger partial charge in [-0.05, 0) is 31.7 Å². The molecule has 1 aromatic rings. The molecule has 0 bridgehead atoms. The predicted molar refractivity (Wildman–Crippen MR) is 81.1 cm³/mol. The molecular formula is C16H17NO4S. The second-order valence-electron chi connectivity index (χ2n) is 4.84. The fourth-order valence-corrected chi connectivity index (χ4v) is 3.59. The molecule has 2 rings (SSSR count). The number of carbonyl (C=O) groups is 2. The number of rotatable bonds is 5. The van der Waals surface area contributed by atoms with Crippen molar-refractivity contribution in [2.75, 3.05) is 13.2 Å². The molecule has 0 amide bonds. The minimum Gasteiger partial charge on any atom is -0.465 e. The second-order valence-corrected chi connectivity index (χ2v) is 5.82. The standard InChI is InChI=1S/C16H17NO4S/c1-3-20-14(18)11-7-8-16(10-17,15(19)21-4-2)13(11)12-6-5-9-22-12/h5-7,9,13H,3-4,8H2,1-2H3/t13-,16-/m0/s1. The van der Waals surface area contributed by atoms with Gasteiger partial charge in [-0.3, -0.25) is 4.79 Å². The van der Waals surface area contributed by atoms with E-state index in [2.05, 4.69) is 6.07 Å². The van der Waals surface area contributed by atoms with Gasteiger partial charge in [0.25, 0.3) is 0 Å². The lowest BCUT2D eigenvalue weighted by atomic mass is 9.75. The zero-order valence-electron chi connectivity index (χ0n) is 12.5. The summed E-state index contributed by atoms with van der Waals surface area (Å²) in [6.45, 7) is 3.84. The van der Waals surface area contributed by atoms with Crippen molar-refractivity contribution >= 4 is 23.3 Å². The van der Waals surface area contributed by atoms with Gasteiger partial charge in [0.05, 0.1) is 25.2 Å². The van der Waals surface area contributed by atoms with Gasteiger partial charge in [0.1, 0.15) is 0 Å². The first-order chi connectivity index (χ1) is 10.6. The van der Waals surface area contributed by atoms with E-state index in [1.54, 1.807) is 19.9 Å². The minimum atomic E-state index is -1.40. The summed E-state index contributed by atoms with van der Waals surface area (Å²) in [6, 6.07) is 5.75. The van der Waals surface area contributed by atoms with Crippen molar-refractivity contribution in [2.45, 2.75) is 26.2 Å². The SMILES string of the molecule is CCOC(=O)C1=CC[C@@](C#N)(C(=O)OCC)[C@@H]1c1cccs1. The van der Waals surface area contributed by atoms with Crippen molar-refractivity contribution in [3.05, 3.63) is 34.0 Å². The molecule has 1 heterocycles. The predicted octanol–water partition coefficient (Wildman–Crippen LogP) is 2.80. The average Bonchev–Trinajstić information content (AvgIpc) is 3.15.